The van der Waals surface area contributed by atoms with Crippen molar-refractivity contribution >= 4 is 17.4 Å². The van der Waals surface area contributed by atoms with Gasteiger partial charge in [-0.05, 0) is 18.6 Å². The van der Waals surface area contributed by atoms with E-state index in [4.69, 9.17) is 16.3 Å². The van der Waals surface area contributed by atoms with Crippen LogP contribution >= 0.6 is 11.6 Å². The normalized spacial score (nSPS) is 10.8. The second-order valence-corrected chi connectivity index (χ2v) is 4.73. The molecule has 0 spiro atoms. The highest BCUT2D eigenvalue weighted by atomic mass is 35.5. The monoisotopic (exact) mass is 296 g/mol. The van der Waals surface area contributed by atoms with E-state index < -0.39 is 11.6 Å². The van der Waals surface area contributed by atoms with Gasteiger partial charge in [-0.3, -0.25) is 9.48 Å². The maximum atomic E-state index is 14.0. The number of ether oxygens (including phenoxy) is 1. The van der Waals surface area contributed by atoms with Crippen LogP contribution in [0.4, 0.5) is 4.39 Å². The number of benzene rings is 1. The molecule has 1 aromatic carbocycles. The number of carbonyl (C=O) groups excluding carboxylic acids is 1. The summed E-state index contributed by atoms with van der Waals surface area (Å²) in [7, 11) is 1.55. The zero-order valence-corrected chi connectivity index (χ0v) is 11.9. The summed E-state index contributed by atoms with van der Waals surface area (Å²) < 4.78 is 20.4. The van der Waals surface area contributed by atoms with Crippen LogP contribution < -0.4 is 0 Å². The van der Waals surface area contributed by atoms with Crippen molar-refractivity contribution in [2.75, 3.05) is 13.7 Å². The van der Waals surface area contributed by atoms with Gasteiger partial charge in [0.2, 0.25) is 5.78 Å². The van der Waals surface area contributed by atoms with Crippen molar-refractivity contribution in [3.05, 3.63) is 52.1 Å². The standard InChI is InChI=1S/C14H14ClFN2O2/c1-9-4-3-5-10(12(9)16)14(19)13-11(15)8-17-18(13)6-7-20-2/h3-5,8H,6-7H2,1-2H3. The van der Waals surface area contributed by atoms with Gasteiger partial charge in [0, 0.05) is 7.11 Å². The number of nitrogens with zero attached hydrogens (tertiary/aromatic N) is 2. The fourth-order valence-electron chi connectivity index (χ4n) is 1.89. The Morgan fingerprint density at radius 1 is 1.50 bits per heavy atom. The summed E-state index contributed by atoms with van der Waals surface area (Å²) in [5.41, 5.74) is 0.578. The van der Waals surface area contributed by atoms with Crippen LogP contribution in [0.15, 0.2) is 24.4 Å². The minimum absolute atomic E-state index is 0.00827. The highest BCUT2D eigenvalue weighted by Gasteiger charge is 2.22. The van der Waals surface area contributed by atoms with E-state index in [0.717, 1.165) is 0 Å². The van der Waals surface area contributed by atoms with Gasteiger partial charge in [0.15, 0.2) is 0 Å². The molecule has 0 fully saturated rings. The summed E-state index contributed by atoms with van der Waals surface area (Å²) in [5, 5.41) is 4.21. The predicted octanol–water partition coefficient (Wildman–Crippen LogP) is 2.86. The third-order valence-electron chi connectivity index (χ3n) is 2.95. The molecular formula is C14H14ClFN2O2. The Kier molecular flexibility index (Phi) is 4.52. The van der Waals surface area contributed by atoms with E-state index in [1.807, 2.05) is 0 Å². The first-order valence-corrected chi connectivity index (χ1v) is 6.44. The third-order valence-corrected chi connectivity index (χ3v) is 3.23. The van der Waals surface area contributed by atoms with Gasteiger partial charge in [0.25, 0.3) is 0 Å². The lowest BCUT2D eigenvalue weighted by molar-refractivity contribution is 0.102. The van der Waals surface area contributed by atoms with Crippen molar-refractivity contribution < 1.29 is 13.9 Å². The van der Waals surface area contributed by atoms with Gasteiger partial charge in [-0.1, -0.05) is 23.7 Å². The van der Waals surface area contributed by atoms with Gasteiger partial charge in [-0.15, -0.1) is 0 Å². The van der Waals surface area contributed by atoms with Crippen LogP contribution in [0.3, 0.4) is 0 Å². The number of aromatic nitrogens is 2. The molecule has 6 heteroatoms. The first kappa shape index (κ1) is 14.7. The second kappa shape index (κ2) is 6.15. The summed E-state index contributed by atoms with van der Waals surface area (Å²) in [6.45, 7) is 2.36. The Labute approximate surface area is 121 Å². The van der Waals surface area contributed by atoms with Crippen molar-refractivity contribution in [3.63, 3.8) is 0 Å². The molecular weight excluding hydrogens is 283 g/mol. The first-order valence-electron chi connectivity index (χ1n) is 6.06. The maximum Gasteiger partial charge on any atom is 0.215 e. The van der Waals surface area contributed by atoms with E-state index in [9.17, 15) is 9.18 Å². The molecule has 0 aliphatic rings. The fraction of sp³-hybridized carbons (Fsp3) is 0.286. The summed E-state index contributed by atoms with van der Waals surface area (Å²) >= 11 is 5.99. The average Bonchev–Trinajstić information content (AvgIpc) is 2.80. The molecule has 0 amide bonds. The molecule has 1 heterocycles. The molecule has 106 valence electrons. The van der Waals surface area contributed by atoms with Crippen LogP contribution in [0.1, 0.15) is 21.6 Å². The molecule has 0 unspecified atom stereocenters. The van der Waals surface area contributed by atoms with Crippen LogP contribution in [0.2, 0.25) is 5.02 Å². The lowest BCUT2D eigenvalue weighted by Gasteiger charge is -2.08. The minimum Gasteiger partial charge on any atom is -0.383 e. The van der Waals surface area contributed by atoms with E-state index >= 15 is 0 Å². The number of halogens is 2. The molecule has 0 saturated carbocycles. The number of methoxy groups -OCH3 is 1. The van der Waals surface area contributed by atoms with Crippen LogP contribution in [0.25, 0.3) is 0 Å². The third kappa shape index (κ3) is 2.73. The van der Waals surface area contributed by atoms with Crippen molar-refractivity contribution in [2.45, 2.75) is 13.5 Å². The van der Waals surface area contributed by atoms with Crippen molar-refractivity contribution in [2.24, 2.45) is 0 Å². The molecule has 20 heavy (non-hydrogen) atoms. The van der Waals surface area contributed by atoms with Crippen LogP contribution in [-0.4, -0.2) is 29.3 Å². The van der Waals surface area contributed by atoms with E-state index in [1.165, 1.54) is 16.9 Å². The molecule has 2 rings (SSSR count). The Bertz CT molecular complexity index is 640. The largest absolute Gasteiger partial charge is 0.383 e. The smallest absolute Gasteiger partial charge is 0.215 e. The number of rotatable bonds is 5. The molecule has 0 atom stereocenters. The molecule has 0 aliphatic heterocycles. The Hall–Kier alpha value is -1.72. The molecule has 2 aromatic rings. The van der Waals surface area contributed by atoms with Crippen molar-refractivity contribution in [3.8, 4) is 0 Å². The zero-order valence-electron chi connectivity index (χ0n) is 11.2. The minimum atomic E-state index is -0.534. The summed E-state index contributed by atoms with van der Waals surface area (Å²) in [5.74, 6) is -1.02. The average molecular weight is 297 g/mol. The second-order valence-electron chi connectivity index (χ2n) is 4.32. The van der Waals surface area contributed by atoms with Gasteiger partial charge in [0.1, 0.15) is 11.5 Å². The number of hydrogen-bond donors (Lipinski definition) is 0. The number of ketones is 1. The van der Waals surface area contributed by atoms with Crippen LogP contribution in [0.5, 0.6) is 0 Å². The highest BCUT2D eigenvalue weighted by molar-refractivity contribution is 6.34. The van der Waals surface area contributed by atoms with Crippen LogP contribution in [-0.2, 0) is 11.3 Å². The molecule has 0 radical (unpaired) electrons. The number of carbonyl (C=O) groups is 1. The van der Waals surface area contributed by atoms with E-state index in [2.05, 4.69) is 5.10 Å². The fourth-order valence-corrected chi connectivity index (χ4v) is 2.11. The number of hydrogen-bond acceptors (Lipinski definition) is 3. The summed E-state index contributed by atoms with van der Waals surface area (Å²) in [4.78, 5) is 12.5. The lowest BCUT2D eigenvalue weighted by atomic mass is 10.0. The molecule has 1 aromatic heterocycles. The molecule has 0 bridgehead atoms. The summed E-state index contributed by atoms with van der Waals surface area (Å²) in [6, 6.07) is 4.68. The topological polar surface area (TPSA) is 44.1 Å². The van der Waals surface area contributed by atoms with E-state index in [0.29, 0.717) is 18.7 Å². The zero-order chi connectivity index (χ0) is 14.7. The Balaban J connectivity index is 2.43. The van der Waals surface area contributed by atoms with Gasteiger partial charge in [-0.2, -0.15) is 5.10 Å². The first-order chi connectivity index (χ1) is 9.56. The van der Waals surface area contributed by atoms with E-state index in [1.54, 1.807) is 26.2 Å². The van der Waals surface area contributed by atoms with Gasteiger partial charge in [-0.25, -0.2) is 4.39 Å². The number of aryl methyl sites for hydroxylation is 1. The van der Waals surface area contributed by atoms with Crippen molar-refractivity contribution in [1.29, 1.82) is 0 Å². The van der Waals surface area contributed by atoms with Crippen molar-refractivity contribution in [1.82, 2.24) is 9.78 Å². The molecule has 4 nitrogen and oxygen atoms in total. The molecule has 0 saturated heterocycles. The van der Waals surface area contributed by atoms with Gasteiger partial charge < -0.3 is 4.74 Å². The SMILES string of the molecule is COCCn1ncc(Cl)c1C(=O)c1cccc(C)c1F. The Morgan fingerprint density at radius 3 is 2.95 bits per heavy atom. The Morgan fingerprint density at radius 2 is 2.25 bits per heavy atom. The van der Waals surface area contributed by atoms with E-state index in [-0.39, 0.29) is 16.3 Å². The summed E-state index contributed by atoms with van der Waals surface area (Å²) in [6.07, 6.45) is 1.37. The quantitative estimate of drug-likeness (QED) is 0.797. The van der Waals surface area contributed by atoms with Gasteiger partial charge >= 0.3 is 0 Å². The highest BCUT2D eigenvalue weighted by Crippen LogP contribution is 2.22. The predicted molar refractivity (Wildman–Crippen MR) is 73.7 cm³/mol. The lowest BCUT2D eigenvalue weighted by Crippen LogP contribution is -2.16. The molecule has 0 N–H and O–H groups in total. The maximum absolute atomic E-state index is 14.0. The van der Waals surface area contributed by atoms with Gasteiger partial charge in [0.05, 0.1) is 29.9 Å². The van der Waals surface area contributed by atoms with Crippen LogP contribution in [0, 0.1) is 12.7 Å². The molecule has 0 aliphatic carbocycles.